The van der Waals surface area contributed by atoms with Crippen molar-refractivity contribution in [3.05, 3.63) is 64.2 Å². The van der Waals surface area contributed by atoms with E-state index in [4.69, 9.17) is 14.5 Å². The van der Waals surface area contributed by atoms with Crippen LogP contribution < -0.4 is 24.8 Å². The molecule has 158 valence electrons. The van der Waals surface area contributed by atoms with Gasteiger partial charge in [-0.25, -0.2) is 4.98 Å². The number of methoxy groups -OCH3 is 2. The van der Waals surface area contributed by atoms with Crippen LogP contribution in [0.3, 0.4) is 0 Å². The van der Waals surface area contributed by atoms with Crippen molar-refractivity contribution in [2.75, 3.05) is 40.4 Å². The number of benzene rings is 2. The van der Waals surface area contributed by atoms with Crippen LogP contribution in [0.25, 0.3) is 10.9 Å². The number of aromatic amines is 1. The second kappa shape index (κ2) is 8.85. The maximum absolute atomic E-state index is 12.4. The molecule has 1 aliphatic heterocycles. The molecule has 7 nitrogen and oxygen atoms in total. The molecule has 3 N–H and O–H groups in total. The molecule has 30 heavy (non-hydrogen) atoms. The van der Waals surface area contributed by atoms with Gasteiger partial charge in [0.05, 0.1) is 25.1 Å². The first-order chi connectivity index (χ1) is 14.6. The predicted octanol–water partition coefficient (Wildman–Crippen LogP) is -0.0151. The van der Waals surface area contributed by atoms with Crippen LogP contribution in [0.2, 0.25) is 0 Å². The van der Waals surface area contributed by atoms with E-state index in [0.717, 1.165) is 55.6 Å². The lowest BCUT2D eigenvalue weighted by molar-refractivity contribution is -1.03. The van der Waals surface area contributed by atoms with E-state index in [9.17, 15) is 4.79 Å². The van der Waals surface area contributed by atoms with Crippen LogP contribution in [-0.4, -0.2) is 50.4 Å². The monoisotopic (exact) mass is 410 g/mol. The van der Waals surface area contributed by atoms with Crippen LogP contribution in [0.5, 0.6) is 11.5 Å². The highest BCUT2D eigenvalue weighted by Gasteiger charge is 2.29. The van der Waals surface area contributed by atoms with E-state index in [1.165, 1.54) is 10.5 Å². The Kier molecular flexibility index (Phi) is 6.01. The number of nitrogens with zero attached hydrogens (tertiary/aromatic N) is 1. The van der Waals surface area contributed by atoms with E-state index in [2.05, 4.69) is 24.0 Å². The highest BCUT2D eigenvalue weighted by atomic mass is 16.5. The Bertz CT molecular complexity index is 1070. The lowest BCUT2D eigenvalue weighted by Crippen LogP contribution is -3.27. The number of H-pyrrole nitrogens is 1. The van der Waals surface area contributed by atoms with Crippen LogP contribution in [0, 0.1) is 0 Å². The van der Waals surface area contributed by atoms with E-state index >= 15 is 0 Å². The van der Waals surface area contributed by atoms with E-state index in [1.807, 2.05) is 30.3 Å². The summed E-state index contributed by atoms with van der Waals surface area (Å²) in [6, 6.07) is 13.8. The number of nitrogens with one attached hydrogen (secondary N) is 3. The van der Waals surface area contributed by atoms with Crippen LogP contribution in [0.15, 0.2) is 47.3 Å². The Morgan fingerprint density at radius 2 is 1.77 bits per heavy atom. The van der Waals surface area contributed by atoms with Crippen molar-refractivity contribution < 1.29 is 19.3 Å². The Morgan fingerprint density at radius 1 is 1.03 bits per heavy atom. The van der Waals surface area contributed by atoms with Crippen LogP contribution in [0.4, 0.5) is 0 Å². The number of hydrogen-bond donors (Lipinski definition) is 3. The molecule has 2 aromatic carbocycles. The molecule has 0 bridgehead atoms. The first kappa shape index (κ1) is 20.4. The van der Waals surface area contributed by atoms with E-state index < -0.39 is 0 Å². The number of quaternary nitrogens is 2. The molecule has 0 amide bonds. The molecule has 1 atom stereocenters. The molecule has 0 spiro atoms. The number of para-hydroxylation sites is 1. The summed E-state index contributed by atoms with van der Waals surface area (Å²) in [5, 5.41) is 0.646. The summed E-state index contributed by atoms with van der Waals surface area (Å²) in [7, 11) is 3.33. The first-order valence-electron chi connectivity index (χ1n) is 10.5. The fourth-order valence-corrected chi connectivity index (χ4v) is 4.32. The number of ether oxygens (including phenoxy) is 2. The summed E-state index contributed by atoms with van der Waals surface area (Å²) in [5.74, 6) is 2.31. The van der Waals surface area contributed by atoms with Gasteiger partial charge in [-0.1, -0.05) is 12.1 Å². The minimum absolute atomic E-state index is 0.0560. The third kappa shape index (κ3) is 4.17. The Morgan fingerprint density at radius 3 is 2.50 bits per heavy atom. The molecule has 3 aromatic rings. The highest BCUT2D eigenvalue weighted by molar-refractivity contribution is 5.77. The molecule has 1 aromatic heterocycles. The molecule has 1 fully saturated rings. The van der Waals surface area contributed by atoms with Gasteiger partial charge in [-0.05, 0) is 37.3 Å². The number of piperazine rings is 1. The third-order valence-electron chi connectivity index (χ3n) is 6.16. The van der Waals surface area contributed by atoms with Gasteiger partial charge in [0.1, 0.15) is 38.8 Å². The summed E-state index contributed by atoms with van der Waals surface area (Å²) in [4.78, 5) is 23.2. The standard InChI is InChI=1S/C23H28N4O3/c1-16(22-24-19-7-5-4-6-18(19)23(28)25-22)27-12-10-26(11-13-27)15-17-8-9-20(29-2)21(14-17)30-3/h4-9,14,16H,10-13,15H2,1-3H3,(H,24,25,28)/p+2/t16-/m0/s1. The van der Waals surface area contributed by atoms with Gasteiger partial charge in [0, 0.05) is 5.56 Å². The average molecular weight is 411 g/mol. The van der Waals surface area contributed by atoms with Crippen LogP contribution in [0.1, 0.15) is 24.4 Å². The van der Waals surface area contributed by atoms with Gasteiger partial charge >= 0.3 is 0 Å². The Balaban J connectivity index is 1.40. The predicted molar refractivity (Wildman–Crippen MR) is 115 cm³/mol. The lowest BCUT2D eigenvalue weighted by Gasteiger charge is -2.32. The zero-order chi connectivity index (χ0) is 21.1. The maximum Gasteiger partial charge on any atom is 0.258 e. The molecule has 0 unspecified atom stereocenters. The lowest BCUT2D eigenvalue weighted by atomic mass is 10.1. The maximum atomic E-state index is 12.4. The Labute approximate surface area is 176 Å². The number of hydrogen-bond acceptors (Lipinski definition) is 4. The van der Waals surface area contributed by atoms with Crippen LogP contribution >= 0.6 is 0 Å². The van der Waals surface area contributed by atoms with Crippen molar-refractivity contribution in [2.24, 2.45) is 0 Å². The smallest absolute Gasteiger partial charge is 0.258 e. The minimum atomic E-state index is -0.0560. The molecule has 7 heteroatoms. The van der Waals surface area contributed by atoms with Gasteiger partial charge in [0.25, 0.3) is 5.56 Å². The molecular formula is C23H30N4O3+2. The van der Waals surface area contributed by atoms with Gasteiger partial charge in [0.2, 0.25) is 0 Å². The fraction of sp³-hybridized carbons (Fsp3) is 0.391. The van der Waals surface area contributed by atoms with Gasteiger partial charge < -0.3 is 24.3 Å². The second-order valence-electron chi connectivity index (χ2n) is 7.96. The van der Waals surface area contributed by atoms with Crippen molar-refractivity contribution in [3.8, 4) is 11.5 Å². The number of rotatable bonds is 6. The van der Waals surface area contributed by atoms with Gasteiger partial charge in [0.15, 0.2) is 17.3 Å². The summed E-state index contributed by atoms with van der Waals surface area (Å²) >= 11 is 0. The number of fused-ring (bicyclic) bond motifs is 1. The molecule has 0 saturated carbocycles. The quantitative estimate of drug-likeness (QED) is 0.534. The molecule has 2 heterocycles. The summed E-state index contributed by atoms with van der Waals surface area (Å²) in [5.41, 5.74) is 1.96. The normalized spacial score (nSPS) is 20.1. The van der Waals surface area contributed by atoms with Gasteiger partial charge in [-0.2, -0.15) is 0 Å². The summed E-state index contributed by atoms with van der Waals surface area (Å²) in [6.45, 7) is 7.35. The number of aromatic nitrogens is 2. The third-order valence-corrected chi connectivity index (χ3v) is 6.16. The van der Waals surface area contributed by atoms with Crippen molar-refractivity contribution in [2.45, 2.75) is 19.5 Å². The summed E-state index contributed by atoms with van der Waals surface area (Å²) in [6.07, 6.45) is 0. The highest BCUT2D eigenvalue weighted by Crippen LogP contribution is 2.27. The van der Waals surface area contributed by atoms with Crippen molar-refractivity contribution in [3.63, 3.8) is 0 Å². The zero-order valence-corrected chi connectivity index (χ0v) is 17.8. The molecule has 1 saturated heterocycles. The molecule has 1 aliphatic rings. The second-order valence-corrected chi connectivity index (χ2v) is 7.96. The largest absolute Gasteiger partial charge is 0.493 e. The molecule has 4 rings (SSSR count). The van der Waals surface area contributed by atoms with E-state index in [1.54, 1.807) is 19.1 Å². The fourth-order valence-electron chi connectivity index (χ4n) is 4.32. The van der Waals surface area contributed by atoms with Crippen LogP contribution in [-0.2, 0) is 6.54 Å². The van der Waals surface area contributed by atoms with E-state index in [0.29, 0.717) is 5.39 Å². The first-order valence-corrected chi connectivity index (χ1v) is 10.5. The van der Waals surface area contributed by atoms with Crippen molar-refractivity contribution in [1.29, 1.82) is 0 Å². The topological polar surface area (TPSA) is 73.1 Å². The van der Waals surface area contributed by atoms with Crippen molar-refractivity contribution in [1.82, 2.24) is 9.97 Å². The molecule has 0 radical (unpaired) electrons. The van der Waals surface area contributed by atoms with Gasteiger partial charge in [-0.3, -0.25) is 4.79 Å². The van der Waals surface area contributed by atoms with E-state index in [-0.39, 0.29) is 11.6 Å². The van der Waals surface area contributed by atoms with Crippen molar-refractivity contribution >= 4 is 10.9 Å². The Hall–Kier alpha value is -2.90. The average Bonchev–Trinajstić information content (AvgIpc) is 2.79. The molecular weight excluding hydrogens is 380 g/mol. The minimum Gasteiger partial charge on any atom is -0.493 e. The SMILES string of the molecule is COc1ccc(C[NH+]2CC[NH+]([C@@H](C)c3nc4ccccc4c(=O)[nH]3)CC2)cc1OC. The van der Waals surface area contributed by atoms with Gasteiger partial charge in [-0.15, -0.1) is 0 Å². The summed E-state index contributed by atoms with van der Waals surface area (Å²) < 4.78 is 10.8. The molecule has 0 aliphatic carbocycles. The zero-order valence-electron chi connectivity index (χ0n) is 17.8.